The normalized spacial score (nSPS) is 9.94. The molecule has 2 rings (SSSR count). The van der Waals surface area contributed by atoms with E-state index in [1.807, 2.05) is 0 Å². The van der Waals surface area contributed by atoms with E-state index in [0.29, 0.717) is 12.0 Å². The number of benzene rings is 2. The summed E-state index contributed by atoms with van der Waals surface area (Å²) in [6.45, 7) is 2.05. The number of aryl methyl sites for hydroxylation is 3. The molecule has 0 spiro atoms. The SMILES string of the molecule is Cc1ccc(CCc2cc[c-]c(Cl)c2F)cc1.[Rb+]. The predicted molar refractivity (Wildman–Crippen MR) is 68.8 cm³/mol. The van der Waals surface area contributed by atoms with Crippen LogP contribution in [0.5, 0.6) is 0 Å². The average Bonchev–Trinajstić information content (AvgIpc) is 2.33. The first-order chi connectivity index (χ1) is 8.16. The van der Waals surface area contributed by atoms with E-state index in [1.54, 1.807) is 12.1 Å². The molecule has 0 heterocycles. The average molecular weight is 333 g/mol. The third-order valence-electron chi connectivity index (χ3n) is 2.77. The minimum absolute atomic E-state index is 0. The van der Waals surface area contributed by atoms with Gasteiger partial charge in [-0.15, -0.1) is 17.2 Å². The molecule has 2 aromatic rings. The summed E-state index contributed by atoms with van der Waals surface area (Å²) < 4.78 is 13.6. The van der Waals surface area contributed by atoms with Crippen molar-refractivity contribution in [3.8, 4) is 0 Å². The third kappa shape index (κ3) is 4.54. The second kappa shape index (κ2) is 7.91. The fourth-order valence-corrected chi connectivity index (χ4v) is 1.90. The van der Waals surface area contributed by atoms with Crippen LogP contribution in [-0.2, 0) is 12.8 Å². The summed E-state index contributed by atoms with van der Waals surface area (Å²) in [7, 11) is 0. The Morgan fingerprint density at radius 1 is 1.11 bits per heavy atom. The van der Waals surface area contributed by atoms with Crippen LogP contribution >= 0.6 is 11.6 Å². The largest absolute Gasteiger partial charge is 1.00 e. The Kier molecular flexibility index (Phi) is 7.26. The van der Waals surface area contributed by atoms with Crippen LogP contribution in [0.4, 0.5) is 4.39 Å². The standard InChI is InChI=1S/C15H13ClF.Rb/c1-11-5-7-12(8-6-11)9-10-13-3-2-4-14(16)15(13)17;/h2-3,5-8H,9-10H2,1H3;/q-1;+1. The maximum Gasteiger partial charge on any atom is 1.00 e. The summed E-state index contributed by atoms with van der Waals surface area (Å²) in [6.07, 6.45) is 1.47. The molecule has 0 N–H and O–H groups in total. The van der Waals surface area contributed by atoms with Gasteiger partial charge in [0, 0.05) is 5.82 Å². The van der Waals surface area contributed by atoms with Crippen molar-refractivity contribution in [3.05, 3.63) is 70.0 Å². The molecule has 0 nitrogen and oxygen atoms in total. The van der Waals surface area contributed by atoms with E-state index in [-0.39, 0.29) is 69.0 Å². The molecule has 0 saturated heterocycles. The van der Waals surface area contributed by atoms with E-state index in [9.17, 15) is 4.39 Å². The molecule has 0 atom stereocenters. The molecule has 0 unspecified atom stereocenters. The van der Waals surface area contributed by atoms with Crippen molar-refractivity contribution in [2.24, 2.45) is 0 Å². The second-order valence-corrected chi connectivity index (χ2v) is 4.49. The van der Waals surface area contributed by atoms with E-state index in [1.165, 1.54) is 11.1 Å². The molecule has 0 bridgehead atoms. The number of rotatable bonds is 3. The van der Waals surface area contributed by atoms with Crippen LogP contribution in [0.15, 0.2) is 36.4 Å². The number of halogens is 2. The van der Waals surface area contributed by atoms with E-state index in [0.717, 1.165) is 6.42 Å². The van der Waals surface area contributed by atoms with Gasteiger partial charge in [-0.05, 0) is 30.4 Å². The van der Waals surface area contributed by atoms with Crippen molar-refractivity contribution in [2.75, 3.05) is 0 Å². The molecule has 2 aromatic carbocycles. The van der Waals surface area contributed by atoms with Gasteiger partial charge in [0.25, 0.3) is 0 Å². The van der Waals surface area contributed by atoms with Crippen molar-refractivity contribution in [1.29, 1.82) is 0 Å². The van der Waals surface area contributed by atoms with Crippen molar-refractivity contribution >= 4 is 11.6 Å². The zero-order chi connectivity index (χ0) is 12.3. The van der Waals surface area contributed by atoms with Crippen molar-refractivity contribution in [2.45, 2.75) is 19.8 Å². The first-order valence-corrected chi connectivity index (χ1v) is 5.95. The number of hydrogen-bond donors (Lipinski definition) is 0. The monoisotopic (exact) mass is 332 g/mol. The van der Waals surface area contributed by atoms with Gasteiger partial charge in [0.2, 0.25) is 0 Å². The Bertz CT molecular complexity index is 508. The molecule has 0 aliphatic rings. The Morgan fingerprint density at radius 3 is 2.44 bits per heavy atom. The van der Waals surface area contributed by atoms with Gasteiger partial charge in [-0.1, -0.05) is 29.8 Å². The van der Waals surface area contributed by atoms with Crippen molar-refractivity contribution < 1.29 is 62.6 Å². The third-order valence-corrected chi connectivity index (χ3v) is 3.05. The molecule has 18 heavy (non-hydrogen) atoms. The Labute approximate surface area is 161 Å². The maximum absolute atomic E-state index is 13.6. The number of hydrogen-bond acceptors (Lipinski definition) is 0. The molecule has 0 aliphatic heterocycles. The van der Waals surface area contributed by atoms with Crippen LogP contribution in [0.2, 0.25) is 5.02 Å². The van der Waals surface area contributed by atoms with Crippen LogP contribution in [0.25, 0.3) is 0 Å². The molecular weight excluding hydrogens is 320 g/mol. The zero-order valence-electron chi connectivity index (χ0n) is 10.6. The van der Waals surface area contributed by atoms with Crippen molar-refractivity contribution in [3.63, 3.8) is 0 Å². The van der Waals surface area contributed by atoms with E-state index in [4.69, 9.17) is 11.6 Å². The van der Waals surface area contributed by atoms with E-state index < -0.39 is 0 Å². The fraction of sp³-hybridized carbons (Fsp3) is 0.200. The van der Waals surface area contributed by atoms with E-state index >= 15 is 0 Å². The van der Waals surface area contributed by atoms with Gasteiger partial charge in [-0.2, -0.15) is 18.2 Å². The molecule has 0 aromatic heterocycles. The van der Waals surface area contributed by atoms with Gasteiger partial charge in [0.15, 0.2) is 0 Å². The first kappa shape index (κ1) is 16.5. The molecule has 0 radical (unpaired) electrons. The van der Waals surface area contributed by atoms with Gasteiger partial charge >= 0.3 is 58.2 Å². The van der Waals surface area contributed by atoms with Gasteiger partial charge in [0.1, 0.15) is 0 Å². The zero-order valence-corrected chi connectivity index (χ0v) is 16.3. The minimum atomic E-state index is -0.346. The summed E-state index contributed by atoms with van der Waals surface area (Å²) in [5, 5.41) is 0.0754. The molecule has 0 saturated carbocycles. The van der Waals surface area contributed by atoms with Crippen LogP contribution in [-0.4, -0.2) is 0 Å². The van der Waals surface area contributed by atoms with Gasteiger partial charge in [-0.25, -0.2) is 0 Å². The van der Waals surface area contributed by atoms with Crippen LogP contribution in [0, 0.1) is 18.8 Å². The Hall–Kier alpha value is 0.465. The molecule has 0 fully saturated rings. The molecule has 88 valence electrons. The smallest absolute Gasteiger partial charge is 0.283 e. The summed E-state index contributed by atoms with van der Waals surface area (Å²) in [6, 6.07) is 14.3. The van der Waals surface area contributed by atoms with Gasteiger partial charge in [0.05, 0.1) is 0 Å². The van der Waals surface area contributed by atoms with E-state index in [2.05, 4.69) is 37.3 Å². The summed E-state index contributed by atoms with van der Waals surface area (Å²) in [4.78, 5) is 0. The molecule has 0 amide bonds. The second-order valence-electron chi connectivity index (χ2n) is 4.12. The molecule has 0 aliphatic carbocycles. The fourth-order valence-electron chi connectivity index (χ4n) is 1.72. The molecule has 3 heteroatoms. The van der Waals surface area contributed by atoms with Gasteiger partial charge in [-0.3, -0.25) is 4.39 Å². The topological polar surface area (TPSA) is 0 Å². The van der Waals surface area contributed by atoms with Crippen LogP contribution < -0.4 is 58.2 Å². The van der Waals surface area contributed by atoms with Crippen LogP contribution in [0.1, 0.15) is 16.7 Å². The molecular formula is C15H13ClFRb. The quantitative estimate of drug-likeness (QED) is 0.745. The van der Waals surface area contributed by atoms with Crippen molar-refractivity contribution in [1.82, 2.24) is 0 Å². The van der Waals surface area contributed by atoms with Gasteiger partial charge < -0.3 is 0 Å². The van der Waals surface area contributed by atoms with Crippen LogP contribution in [0.3, 0.4) is 0 Å². The summed E-state index contributed by atoms with van der Waals surface area (Å²) in [5.41, 5.74) is 3.09. The predicted octanol–water partition coefficient (Wildman–Crippen LogP) is 1.38. The first-order valence-electron chi connectivity index (χ1n) is 5.57. The minimum Gasteiger partial charge on any atom is -0.283 e. The summed E-state index contributed by atoms with van der Waals surface area (Å²) in [5.74, 6) is -0.346. The Morgan fingerprint density at radius 2 is 1.78 bits per heavy atom. The maximum atomic E-state index is 13.6. The summed E-state index contributed by atoms with van der Waals surface area (Å²) >= 11 is 5.69. The Balaban J connectivity index is 0.00000162.